The highest BCUT2D eigenvalue weighted by Gasteiger charge is 2.30. The van der Waals surface area contributed by atoms with Crippen molar-refractivity contribution in [3.05, 3.63) is 54.3 Å². The smallest absolute Gasteiger partial charge is 0.351 e. The van der Waals surface area contributed by atoms with Gasteiger partial charge in [0.25, 0.3) is 5.91 Å². The lowest BCUT2D eigenvalue weighted by Crippen LogP contribution is -2.42. The third-order valence-corrected chi connectivity index (χ3v) is 4.14. The molecule has 0 saturated heterocycles. The predicted octanol–water partition coefficient (Wildman–Crippen LogP) is 2.11. The van der Waals surface area contributed by atoms with Gasteiger partial charge in [0.2, 0.25) is 6.10 Å². The van der Waals surface area contributed by atoms with Crippen LogP contribution in [0.25, 0.3) is 0 Å². The van der Waals surface area contributed by atoms with Crippen LogP contribution in [0.2, 0.25) is 0 Å². The van der Waals surface area contributed by atoms with Crippen molar-refractivity contribution in [3.8, 4) is 11.5 Å². The highest BCUT2D eigenvalue weighted by atomic mass is 19.1. The second-order valence-electron chi connectivity index (χ2n) is 6.23. The normalized spacial score (nSPS) is 14.5. The summed E-state index contributed by atoms with van der Waals surface area (Å²) in [5.74, 6) is -1.71. The molecule has 0 N–H and O–H groups in total. The number of para-hydroxylation sites is 2. The molecule has 8 nitrogen and oxygen atoms in total. The minimum Gasteiger partial charge on any atom is -0.485 e. The molecule has 30 heavy (non-hydrogen) atoms. The van der Waals surface area contributed by atoms with Gasteiger partial charge in [-0.3, -0.25) is 14.5 Å². The van der Waals surface area contributed by atoms with Crippen LogP contribution in [0.3, 0.4) is 0 Å². The molecule has 0 saturated carbocycles. The molecule has 2 aromatic rings. The van der Waals surface area contributed by atoms with E-state index in [2.05, 4.69) is 0 Å². The van der Waals surface area contributed by atoms with Crippen LogP contribution in [0, 0.1) is 5.82 Å². The molecule has 0 bridgehead atoms. The number of carbonyl (C=O) groups excluding carboxylic acids is 3. The Morgan fingerprint density at radius 1 is 1.07 bits per heavy atom. The fourth-order valence-corrected chi connectivity index (χ4v) is 2.72. The second kappa shape index (κ2) is 9.73. The van der Waals surface area contributed by atoms with Crippen LogP contribution < -0.4 is 14.4 Å². The molecular weight excluding hydrogens is 397 g/mol. The molecule has 0 unspecified atom stereocenters. The van der Waals surface area contributed by atoms with Gasteiger partial charge >= 0.3 is 11.9 Å². The van der Waals surface area contributed by atoms with Crippen molar-refractivity contribution in [2.75, 3.05) is 31.3 Å². The van der Waals surface area contributed by atoms with E-state index in [0.29, 0.717) is 11.5 Å². The number of benzene rings is 2. The van der Waals surface area contributed by atoms with Gasteiger partial charge in [-0.25, -0.2) is 9.18 Å². The number of nitrogens with zero attached hydrogens (tertiary/aromatic N) is 1. The average molecular weight is 417 g/mol. The molecule has 1 atom stereocenters. The maximum atomic E-state index is 13.2. The predicted molar refractivity (Wildman–Crippen MR) is 103 cm³/mol. The highest BCUT2D eigenvalue weighted by Crippen LogP contribution is 2.31. The molecule has 1 heterocycles. The lowest BCUT2D eigenvalue weighted by atomic mass is 10.2. The van der Waals surface area contributed by atoms with Gasteiger partial charge in [-0.05, 0) is 43.3 Å². The number of hydrogen-bond acceptors (Lipinski definition) is 7. The first kappa shape index (κ1) is 21.1. The number of amides is 1. The quantitative estimate of drug-likeness (QED) is 0.637. The number of halogens is 1. The Morgan fingerprint density at radius 2 is 1.77 bits per heavy atom. The summed E-state index contributed by atoms with van der Waals surface area (Å²) in [7, 11) is 0. The van der Waals surface area contributed by atoms with Gasteiger partial charge in [-0.2, -0.15) is 0 Å². The van der Waals surface area contributed by atoms with Crippen molar-refractivity contribution in [1.29, 1.82) is 0 Å². The van der Waals surface area contributed by atoms with E-state index < -0.39 is 42.9 Å². The Balaban J connectivity index is 1.63. The fraction of sp³-hybridized carbons (Fsp3) is 0.286. The van der Waals surface area contributed by atoms with Crippen LogP contribution in [0.4, 0.5) is 10.1 Å². The zero-order valence-electron chi connectivity index (χ0n) is 16.2. The van der Waals surface area contributed by atoms with Gasteiger partial charge in [0.1, 0.15) is 19.0 Å². The molecule has 158 valence electrons. The first-order valence-electron chi connectivity index (χ1n) is 9.24. The van der Waals surface area contributed by atoms with Gasteiger partial charge in [-0.15, -0.1) is 0 Å². The van der Waals surface area contributed by atoms with Gasteiger partial charge in [0.05, 0.1) is 6.61 Å². The minimum absolute atomic E-state index is 0.0610. The van der Waals surface area contributed by atoms with Crippen LogP contribution in [-0.2, 0) is 23.9 Å². The Kier molecular flexibility index (Phi) is 6.84. The van der Waals surface area contributed by atoms with Crippen molar-refractivity contribution in [3.63, 3.8) is 0 Å². The number of fused-ring (bicyclic) bond motifs is 1. The van der Waals surface area contributed by atoms with Crippen molar-refractivity contribution in [2.45, 2.75) is 13.0 Å². The lowest BCUT2D eigenvalue weighted by Gasteiger charge is -2.25. The summed E-state index contributed by atoms with van der Waals surface area (Å²) in [6.07, 6.45) is -1.03. The lowest BCUT2D eigenvalue weighted by molar-refractivity contribution is -0.157. The maximum Gasteiger partial charge on any atom is 0.351 e. The summed E-state index contributed by atoms with van der Waals surface area (Å²) in [4.78, 5) is 37.9. The zero-order valence-corrected chi connectivity index (χ0v) is 16.2. The van der Waals surface area contributed by atoms with Crippen molar-refractivity contribution in [2.24, 2.45) is 0 Å². The average Bonchev–Trinajstić information content (AvgIpc) is 2.76. The number of carbonyl (C=O) groups is 3. The molecular formula is C21H20FNO7. The highest BCUT2D eigenvalue weighted by molar-refractivity contribution is 5.99. The van der Waals surface area contributed by atoms with Crippen LogP contribution in [0.5, 0.6) is 11.5 Å². The molecule has 1 amide bonds. The molecule has 2 aromatic carbocycles. The summed E-state index contributed by atoms with van der Waals surface area (Å²) >= 11 is 0. The Bertz CT molecular complexity index is 916. The first-order chi connectivity index (χ1) is 14.5. The van der Waals surface area contributed by atoms with E-state index in [4.69, 9.17) is 18.9 Å². The van der Waals surface area contributed by atoms with E-state index in [1.807, 2.05) is 0 Å². The Morgan fingerprint density at radius 3 is 2.47 bits per heavy atom. The van der Waals surface area contributed by atoms with E-state index in [1.54, 1.807) is 31.2 Å². The number of rotatable bonds is 7. The number of ether oxygens (including phenoxy) is 4. The van der Waals surface area contributed by atoms with E-state index in [0.717, 1.165) is 17.0 Å². The van der Waals surface area contributed by atoms with Gasteiger partial charge in [0.15, 0.2) is 18.1 Å². The number of anilines is 1. The fourth-order valence-electron chi connectivity index (χ4n) is 2.72. The summed E-state index contributed by atoms with van der Waals surface area (Å²) in [6.45, 7) is 0.659. The van der Waals surface area contributed by atoms with E-state index in [1.165, 1.54) is 12.1 Å². The first-order valence-corrected chi connectivity index (χ1v) is 9.24. The maximum absolute atomic E-state index is 13.2. The van der Waals surface area contributed by atoms with Gasteiger partial charge in [-0.1, -0.05) is 12.1 Å². The minimum atomic E-state index is -1.03. The van der Waals surface area contributed by atoms with Gasteiger partial charge < -0.3 is 18.9 Å². The zero-order chi connectivity index (χ0) is 21.5. The van der Waals surface area contributed by atoms with Crippen molar-refractivity contribution < 1.29 is 37.7 Å². The molecule has 0 radical (unpaired) electrons. The molecule has 0 aromatic heterocycles. The Hall–Kier alpha value is -3.62. The molecule has 3 rings (SSSR count). The summed E-state index contributed by atoms with van der Waals surface area (Å²) in [5, 5.41) is 0. The molecule has 0 spiro atoms. The standard InChI is InChI=1S/C21H20FNO7/c1-2-27-20(25)11-23(15-9-7-14(22)8-10-15)19(24)13-29-21(26)18-12-28-16-5-3-4-6-17(16)30-18/h3-10,18H,2,11-13H2,1H3/t18-/m1/s1. The van der Waals surface area contributed by atoms with E-state index in [9.17, 15) is 18.8 Å². The molecule has 1 aliphatic rings. The largest absolute Gasteiger partial charge is 0.485 e. The number of esters is 2. The third-order valence-electron chi connectivity index (χ3n) is 4.14. The topological polar surface area (TPSA) is 91.4 Å². The Labute approximate surface area is 172 Å². The van der Waals surface area contributed by atoms with E-state index in [-0.39, 0.29) is 18.9 Å². The monoisotopic (exact) mass is 417 g/mol. The number of hydrogen-bond donors (Lipinski definition) is 0. The van der Waals surface area contributed by atoms with Crippen molar-refractivity contribution >= 4 is 23.5 Å². The summed E-state index contributed by atoms with van der Waals surface area (Å²) < 4.78 is 34.1. The summed E-state index contributed by atoms with van der Waals surface area (Å²) in [5.41, 5.74) is 0.261. The van der Waals surface area contributed by atoms with Crippen LogP contribution >= 0.6 is 0 Å². The van der Waals surface area contributed by atoms with Crippen LogP contribution in [0.15, 0.2) is 48.5 Å². The molecule has 1 aliphatic heterocycles. The van der Waals surface area contributed by atoms with Crippen LogP contribution in [-0.4, -0.2) is 50.3 Å². The van der Waals surface area contributed by atoms with Crippen LogP contribution in [0.1, 0.15) is 6.92 Å². The molecule has 9 heteroatoms. The van der Waals surface area contributed by atoms with Gasteiger partial charge in [0, 0.05) is 5.69 Å². The molecule has 0 fully saturated rings. The second-order valence-corrected chi connectivity index (χ2v) is 6.23. The van der Waals surface area contributed by atoms with E-state index >= 15 is 0 Å². The SMILES string of the molecule is CCOC(=O)CN(C(=O)COC(=O)[C@H]1COc2ccccc2O1)c1ccc(F)cc1. The van der Waals surface area contributed by atoms with Crippen molar-refractivity contribution in [1.82, 2.24) is 0 Å². The summed E-state index contributed by atoms with van der Waals surface area (Å²) in [6, 6.07) is 11.8. The molecule has 0 aliphatic carbocycles. The third kappa shape index (κ3) is 5.25.